The maximum Gasteiger partial charge on any atom is 0.311 e. The van der Waals surface area contributed by atoms with E-state index in [-0.39, 0.29) is 11.7 Å². The molecule has 0 aliphatic rings. The normalized spacial score (nSPS) is 11.2. The Bertz CT molecular complexity index is 352. The molecule has 0 heterocycles. The van der Waals surface area contributed by atoms with Gasteiger partial charge in [0.2, 0.25) is 0 Å². The molecule has 0 unspecified atom stereocenters. The number of carbonyl (C=O) groups excluding carboxylic acids is 1. The van der Waals surface area contributed by atoms with Crippen LogP contribution in [0.4, 0.5) is 0 Å². The molecular weight excluding hydrogens is 204 g/mol. The average molecular weight is 222 g/mol. The number of hydrogen-bond donors (Lipinski definition) is 1. The third kappa shape index (κ3) is 3.26. The number of hydrogen-bond acceptors (Lipinski definition) is 3. The summed E-state index contributed by atoms with van der Waals surface area (Å²) in [6.45, 7) is 3.75. The Balaban J connectivity index is 2.57. The molecule has 1 rings (SSSR count). The van der Waals surface area contributed by atoms with Gasteiger partial charge in [-0.25, -0.2) is 0 Å². The van der Waals surface area contributed by atoms with Crippen LogP contribution >= 0.6 is 0 Å². The van der Waals surface area contributed by atoms with E-state index in [1.54, 1.807) is 12.1 Å². The molecule has 0 saturated carbocycles. The Kier molecular flexibility index (Phi) is 3.93. The van der Waals surface area contributed by atoms with Gasteiger partial charge in [0.25, 0.3) is 0 Å². The maximum absolute atomic E-state index is 11.4. The van der Waals surface area contributed by atoms with Crippen molar-refractivity contribution in [2.45, 2.75) is 26.7 Å². The molecule has 0 aliphatic heterocycles. The molecule has 0 aliphatic carbocycles. The fraction of sp³-hybridized carbons (Fsp3) is 0.462. The largest absolute Gasteiger partial charge is 0.508 e. The molecule has 88 valence electrons. The SMILES string of the molecule is COC(=O)C(C)(C)CCc1ccc(O)cc1. The number of rotatable bonds is 4. The molecule has 3 nitrogen and oxygen atoms in total. The molecule has 0 aromatic heterocycles. The molecule has 1 N–H and O–H groups in total. The second-order valence-corrected chi connectivity index (χ2v) is 4.54. The van der Waals surface area contributed by atoms with Crippen molar-refractivity contribution in [3.05, 3.63) is 29.8 Å². The lowest BCUT2D eigenvalue weighted by molar-refractivity contribution is -0.151. The summed E-state index contributed by atoms with van der Waals surface area (Å²) in [6, 6.07) is 7.03. The summed E-state index contributed by atoms with van der Waals surface area (Å²) < 4.78 is 4.74. The predicted octanol–water partition coefficient (Wildman–Crippen LogP) is 2.52. The number of phenolic OH excluding ortho intramolecular Hbond substituents is 1. The van der Waals surface area contributed by atoms with Crippen LogP contribution in [0.2, 0.25) is 0 Å². The van der Waals surface area contributed by atoms with Crippen LogP contribution in [-0.4, -0.2) is 18.2 Å². The van der Waals surface area contributed by atoms with Crippen molar-refractivity contribution in [1.82, 2.24) is 0 Å². The van der Waals surface area contributed by atoms with Crippen LogP contribution in [0.5, 0.6) is 5.75 Å². The first-order chi connectivity index (χ1) is 7.45. The highest BCUT2D eigenvalue weighted by molar-refractivity contribution is 5.75. The maximum atomic E-state index is 11.4. The van der Waals surface area contributed by atoms with E-state index in [9.17, 15) is 4.79 Å². The van der Waals surface area contributed by atoms with E-state index in [1.165, 1.54) is 7.11 Å². The van der Waals surface area contributed by atoms with Crippen molar-refractivity contribution >= 4 is 5.97 Å². The van der Waals surface area contributed by atoms with Gasteiger partial charge in [-0.15, -0.1) is 0 Å². The first-order valence-corrected chi connectivity index (χ1v) is 5.32. The first-order valence-electron chi connectivity index (χ1n) is 5.32. The van der Waals surface area contributed by atoms with Gasteiger partial charge in [-0.3, -0.25) is 4.79 Å². The van der Waals surface area contributed by atoms with E-state index in [0.717, 1.165) is 18.4 Å². The Morgan fingerprint density at radius 3 is 2.38 bits per heavy atom. The molecule has 0 bridgehead atoms. The number of esters is 1. The Labute approximate surface area is 96.1 Å². The quantitative estimate of drug-likeness (QED) is 0.796. The van der Waals surface area contributed by atoms with Gasteiger partial charge in [0.05, 0.1) is 12.5 Å². The van der Waals surface area contributed by atoms with Crippen LogP contribution < -0.4 is 0 Å². The molecule has 0 atom stereocenters. The third-order valence-corrected chi connectivity index (χ3v) is 2.71. The highest BCUT2D eigenvalue weighted by Crippen LogP contribution is 2.24. The Morgan fingerprint density at radius 1 is 1.31 bits per heavy atom. The minimum Gasteiger partial charge on any atom is -0.508 e. The van der Waals surface area contributed by atoms with Crippen molar-refractivity contribution in [1.29, 1.82) is 0 Å². The zero-order chi connectivity index (χ0) is 12.2. The summed E-state index contributed by atoms with van der Waals surface area (Å²) in [6.07, 6.45) is 1.52. The molecule has 0 saturated heterocycles. The number of aromatic hydroxyl groups is 1. The summed E-state index contributed by atoms with van der Waals surface area (Å²) in [4.78, 5) is 11.4. The number of carbonyl (C=O) groups is 1. The number of phenols is 1. The van der Waals surface area contributed by atoms with Gasteiger partial charge in [-0.05, 0) is 44.4 Å². The molecule has 1 aromatic rings. The minimum atomic E-state index is -0.466. The van der Waals surface area contributed by atoms with E-state index >= 15 is 0 Å². The van der Waals surface area contributed by atoms with Crippen molar-refractivity contribution in [2.75, 3.05) is 7.11 Å². The van der Waals surface area contributed by atoms with E-state index in [4.69, 9.17) is 9.84 Å². The second-order valence-electron chi connectivity index (χ2n) is 4.54. The average Bonchev–Trinajstić information content (AvgIpc) is 2.27. The minimum absolute atomic E-state index is 0.189. The van der Waals surface area contributed by atoms with E-state index in [1.807, 2.05) is 26.0 Å². The highest BCUT2D eigenvalue weighted by Gasteiger charge is 2.27. The van der Waals surface area contributed by atoms with E-state index in [2.05, 4.69) is 0 Å². The van der Waals surface area contributed by atoms with E-state index < -0.39 is 5.41 Å². The molecule has 0 amide bonds. The van der Waals surface area contributed by atoms with Crippen molar-refractivity contribution in [3.63, 3.8) is 0 Å². The Morgan fingerprint density at radius 2 is 1.88 bits per heavy atom. The van der Waals surface area contributed by atoms with Crippen LogP contribution in [0.25, 0.3) is 0 Å². The number of methoxy groups -OCH3 is 1. The standard InChI is InChI=1S/C13H18O3/c1-13(2,12(15)16-3)9-8-10-4-6-11(14)7-5-10/h4-7,14H,8-9H2,1-3H3. The molecular formula is C13H18O3. The predicted molar refractivity (Wildman–Crippen MR) is 62.2 cm³/mol. The topological polar surface area (TPSA) is 46.5 Å². The molecule has 16 heavy (non-hydrogen) atoms. The van der Waals surface area contributed by atoms with Gasteiger partial charge in [-0.2, -0.15) is 0 Å². The first kappa shape index (κ1) is 12.6. The van der Waals surface area contributed by atoms with Crippen LogP contribution in [0.1, 0.15) is 25.8 Å². The van der Waals surface area contributed by atoms with Gasteiger partial charge in [0.15, 0.2) is 0 Å². The summed E-state index contributed by atoms with van der Waals surface area (Å²) in [7, 11) is 1.41. The molecule has 1 aromatic carbocycles. The van der Waals surface area contributed by atoms with Crippen LogP contribution in [-0.2, 0) is 16.0 Å². The zero-order valence-corrected chi connectivity index (χ0v) is 9.99. The molecule has 3 heteroatoms. The smallest absolute Gasteiger partial charge is 0.311 e. The highest BCUT2D eigenvalue weighted by atomic mass is 16.5. The van der Waals surface area contributed by atoms with Gasteiger partial charge in [-0.1, -0.05) is 12.1 Å². The lowest BCUT2D eigenvalue weighted by Crippen LogP contribution is -2.26. The summed E-state index contributed by atoms with van der Waals surface area (Å²) in [5.41, 5.74) is 0.641. The third-order valence-electron chi connectivity index (χ3n) is 2.71. The monoisotopic (exact) mass is 222 g/mol. The fourth-order valence-corrected chi connectivity index (χ4v) is 1.50. The van der Waals surface area contributed by atoms with Crippen LogP contribution in [0.3, 0.4) is 0 Å². The molecule has 0 spiro atoms. The van der Waals surface area contributed by atoms with Crippen LogP contribution in [0, 0.1) is 5.41 Å². The number of ether oxygens (including phenoxy) is 1. The van der Waals surface area contributed by atoms with Crippen molar-refractivity contribution in [3.8, 4) is 5.75 Å². The van der Waals surface area contributed by atoms with Gasteiger partial charge in [0.1, 0.15) is 5.75 Å². The van der Waals surface area contributed by atoms with Crippen LogP contribution in [0.15, 0.2) is 24.3 Å². The number of aryl methyl sites for hydroxylation is 1. The fourth-order valence-electron chi connectivity index (χ4n) is 1.50. The summed E-state index contributed by atoms with van der Waals surface area (Å²) in [5, 5.41) is 9.14. The lowest BCUT2D eigenvalue weighted by atomic mass is 9.86. The summed E-state index contributed by atoms with van der Waals surface area (Å²) in [5.74, 6) is 0.0715. The lowest BCUT2D eigenvalue weighted by Gasteiger charge is -2.21. The van der Waals surface area contributed by atoms with Crippen molar-refractivity contribution in [2.24, 2.45) is 5.41 Å². The number of benzene rings is 1. The Hall–Kier alpha value is -1.51. The van der Waals surface area contributed by atoms with Gasteiger partial charge >= 0.3 is 5.97 Å². The second kappa shape index (κ2) is 5.01. The molecule has 0 fully saturated rings. The van der Waals surface area contributed by atoms with Gasteiger partial charge < -0.3 is 9.84 Å². The zero-order valence-electron chi connectivity index (χ0n) is 9.99. The van der Waals surface area contributed by atoms with Crippen molar-refractivity contribution < 1.29 is 14.6 Å². The summed E-state index contributed by atoms with van der Waals surface area (Å²) >= 11 is 0. The van der Waals surface area contributed by atoms with E-state index in [0.29, 0.717) is 0 Å². The molecule has 0 radical (unpaired) electrons. The van der Waals surface area contributed by atoms with Gasteiger partial charge in [0, 0.05) is 0 Å².